The molecule has 4 saturated heterocycles. The molecule has 0 aromatic heterocycles. The number of hydrogen-bond donors (Lipinski definition) is 8. The van der Waals surface area contributed by atoms with Gasteiger partial charge in [0.05, 0.1) is 25.0 Å². The van der Waals surface area contributed by atoms with Crippen molar-refractivity contribution >= 4 is 5.91 Å². The number of ether oxygens (including phenoxy) is 1. The van der Waals surface area contributed by atoms with Gasteiger partial charge in [-0.25, -0.2) is 10.9 Å². The third kappa shape index (κ3) is 8.33. The Kier molecular flexibility index (Phi) is 11.7. The van der Waals surface area contributed by atoms with Gasteiger partial charge in [-0.1, -0.05) is 19.8 Å². The fraction of sp³-hybridized carbons (Fsp3) is 0.964. The molecule has 5 rings (SSSR count). The molecule has 5 fully saturated rings. The lowest BCUT2D eigenvalue weighted by atomic mass is 9.83. The normalized spacial score (nSPS) is 38.2. The zero-order valence-electron chi connectivity index (χ0n) is 24.1. The molecule has 4 aliphatic heterocycles. The number of nitrogens with zero attached hydrogens (tertiary/aromatic N) is 1. The molecule has 8 N–H and O–H groups in total. The predicted octanol–water partition coefficient (Wildman–Crippen LogP) is -0.764. The van der Waals surface area contributed by atoms with E-state index in [2.05, 4.69) is 54.6 Å². The molecule has 0 radical (unpaired) electrons. The number of carbonyl (C=O) groups is 1. The molecular formula is C28H55N9O2. The number of nitrogens with one attached hydrogen (secondary N) is 8. The molecule has 8 atom stereocenters. The van der Waals surface area contributed by atoms with Crippen LogP contribution in [-0.4, -0.2) is 107 Å². The SMILES string of the molecule is CCC1CNCCC1CNC(=O)C1CCCC(NCC2NNC(C3CCNCN3)N2CCO[C@@H]2CCNC2)C1. The zero-order valence-corrected chi connectivity index (χ0v) is 24.1. The Morgan fingerprint density at radius 3 is 2.64 bits per heavy atom. The molecule has 11 nitrogen and oxygen atoms in total. The first-order valence-corrected chi connectivity index (χ1v) is 16.0. The maximum atomic E-state index is 13.1. The number of piperidine rings is 1. The summed E-state index contributed by atoms with van der Waals surface area (Å²) in [6.45, 7) is 11.7. The first-order valence-electron chi connectivity index (χ1n) is 16.0. The fourth-order valence-corrected chi connectivity index (χ4v) is 7.34. The summed E-state index contributed by atoms with van der Waals surface area (Å²) < 4.78 is 6.20. The summed E-state index contributed by atoms with van der Waals surface area (Å²) in [6, 6.07) is 0.782. The Morgan fingerprint density at radius 2 is 1.82 bits per heavy atom. The smallest absolute Gasteiger partial charge is 0.223 e. The average molecular weight is 550 g/mol. The topological polar surface area (TPSA) is 126 Å². The van der Waals surface area contributed by atoms with Crippen LogP contribution in [0.5, 0.6) is 0 Å². The lowest BCUT2D eigenvalue weighted by Crippen LogP contribution is -2.59. The van der Waals surface area contributed by atoms with Crippen molar-refractivity contribution in [3.05, 3.63) is 0 Å². The fourth-order valence-electron chi connectivity index (χ4n) is 7.34. The van der Waals surface area contributed by atoms with Crippen LogP contribution in [0.15, 0.2) is 0 Å². The van der Waals surface area contributed by atoms with Gasteiger partial charge in [0, 0.05) is 50.8 Å². The highest BCUT2D eigenvalue weighted by atomic mass is 16.5. The molecule has 1 amide bonds. The standard InChI is InChI=1S/C28H55N9O2/c1-2-20-15-29-9-6-22(20)16-33-28(38)21-4-3-5-23(14-21)32-18-26-35-36-27(25-8-11-31-19-34-25)37(26)12-13-39-24-7-10-30-17-24/h20-27,29-32,34-36H,2-19H2,1H3,(H,33,38)/t20?,21?,22?,23?,24-,25?,26?,27?/m1/s1. The van der Waals surface area contributed by atoms with Crippen LogP contribution >= 0.6 is 0 Å². The minimum absolute atomic E-state index is 0.129. The lowest BCUT2D eigenvalue weighted by molar-refractivity contribution is -0.126. The second-order valence-corrected chi connectivity index (χ2v) is 12.4. The molecule has 4 heterocycles. The van der Waals surface area contributed by atoms with Crippen LogP contribution in [0.2, 0.25) is 0 Å². The van der Waals surface area contributed by atoms with Gasteiger partial charge in [-0.2, -0.15) is 0 Å². The highest BCUT2D eigenvalue weighted by Crippen LogP contribution is 2.26. The largest absolute Gasteiger partial charge is 0.376 e. The van der Waals surface area contributed by atoms with Crippen molar-refractivity contribution in [2.75, 3.05) is 65.6 Å². The summed E-state index contributed by atoms with van der Waals surface area (Å²) in [5.74, 6) is 1.69. The Labute approximate surface area is 235 Å². The van der Waals surface area contributed by atoms with Crippen LogP contribution in [0.1, 0.15) is 58.3 Å². The minimum Gasteiger partial charge on any atom is -0.376 e. The highest BCUT2D eigenvalue weighted by Gasteiger charge is 2.38. The second kappa shape index (κ2) is 15.4. The van der Waals surface area contributed by atoms with Gasteiger partial charge in [0.25, 0.3) is 0 Å². The summed E-state index contributed by atoms with van der Waals surface area (Å²) in [5.41, 5.74) is 7.16. The highest BCUT2D eigenvalue weighted by molar-refractivity contribution is 5.78. The quantitative estimate of drug-likeness (QED) is 0.157. The summed E-state index contributed by atoms with van der Waals surface area (Å²) in [4.78, 5) is 15.7. The maximum absolute atomic E-state index is 13.1. The molecular weight excluding hydrogens is 494 g/mol. The first-order chi connectivity index (χ1) is 19.2. The van der Waals surface area contributed by atoms with Gasteiger partial charge in [-0.15, -0.1) is 0 Å². The van der Waals surface area contributed by atoms with Gasteiger partial charge >= 0.3 is 0 Å². The molecule has 0 aromatic carbocycles. The molecule has 7 unspecified atom stereocenters. The molecule has 11 heteroatoms. The number of hydrazine groups is 1. The van der Waals surface area contributed by atoms with Gasteiger partial charge in [0.2, 0.25) is 5.91 Å². The van der Waals surface area contributed by atoms with Crippen LogP contribution in [-0.2, 0) is 9.53 Å². The summed E-state index contributed by atoms with van der Waals surface area (Å²) >= 11 is 0. The van der Waals surface area contributed by atoms with Gasteiger partial charge < -0.3 is 31.3 Å². The van der Waals surface area contributed by atoms with Gasteiger partial charge in [0.15, 0.2) is 0 Å². The van der Waals surface area contributed by atoms with E-state index in [0.717, 1.165) is 104 Å². The van der Waals surface area contributed by atoms with Crippen molar-refractivity contribution in [3.8, 4) is 0 Å². The zero-order chi connectivity index (χ0) is 26.9. The van der Waals surface area contributed by atoms with Crippen molar-refractivity contribution in [3.63, 3.8) is 0 Å². The molecule has 0 bridgehead atoms. The van der Waals surface area contributed by atoms with Crippen LogP contribution < -0.4 is 42.8 Å². The van der Waals surface area contributed by atoms with Crippen molar-refractivity contribution in [2.45, 2.75) is 88.8 Å². The van der Waals surface area contributed by atoms with E-state index < -0.39 is 0 Å². The van der Waals surface area contributed by atoms with Gasteiger partial charge in [-0.3, -0.25) is 15.0 Å². The van der Waals surface area contributed by atoms with E-state index in [4.69, 9.17) is 4.74 Å². The van der Waals surface area contributed by atoms with Crippen molar-refractivity contribution in [1.29, 1.82) is 0 Å². The summed E-state index contributed by atoms with van der Waals surface area (Å²) in [6.07, 6.45) is 9.53. The lowest BCUT2D eigenvalue weighted by Gasteiger charge is -2.37. The first kappa shape index (κ1) is 29.6. The van der Waals surface area contributed by atoms with Crippen LogP contribution in [0.3, 0.4) is 0 Å². The third-order valence-corrected chi connectivity index (χ3v) is 9.85. The Morgan fingerprint density at radius 1 is 0.949 bits per heavy atom. The summed E-state index contributed by atoms with van der Waals surface area (Å²) in [7, 11) is 0. The molecule has 39 heavy (non-hydrogen) atoms. The molecule has 5 aliphatic rings. The van der Waals surface area contributed by atoms with Gasteiger partial charge in [0.1, 0.15) is 0 Å². The second-order valence-electron chi connectivity index (χ2n) is 12.4. The molecule has 224 valence electrons. The van der Waals surface area contributed by atoms with E-state index in [1.165, 1.54) is 12.8 Å². The van der Waals surface area contributed by atoms with E-state index in [1.54, 1.807) is 0 Å². The Bertz CT molecular complexity index is 734. The maximum Gasteiger partial charge on any atom is 0.223 e. The van der Waals surface area contributed by atoms with Crippen LogP contribution in [0.4, 0.5) is 0 Å². The Balaban J connectivity index is 1.08. The molecule has 1 saturated carbocycles. The number of carbonyl (C=O) groups excluding carboxylic acids is 1. The number of amides is 1. The third-order valence-electron chi connectivity index (χ3n) is 9.85. The van der Waals surface area contributed by atoms with E-state index in [1.807, 2.05) is 0 Å². The average Bonchev–Trinajstić information content (AvgIpc) is 3.66. The summed E-state index contributed by atoms with van der Waals surface area (Å²) in [5, 5.41) is 21.1. The van der Waals surface area contributed by atoms with Crippen molar-refractivity contribution in [1.82, 2.24) is 47.7 Å². The van der Waals surface area contributed by atoms with E-state index in [9.17, 15) is 4.79 Å². The van der Waals surface area contributed by atoms with Gasteiger partial charge in [-0.05, 0) is 76.5 Å². The van der Waals surface area contributed by atoms with Crippen molar-refractivity contribution < 1.29 is 9.53 Å². The number of rotatable bonds is 12. The van der Waals surface area contributed by atoms with E-state index in [-0.39, 0.29) is 24.2 Å². The van der Waals surface area contributed by atoms with Crippen molar-refractivity contribution in [2.24, 2.45) is 17.8 Å². The molecule has 1 aliphatic carbocycles. The molecule has 0 aromatic rings. The minimum atomic E-state index is 0.129. The Hall–Kier alpha value is -0.890. The van der Waals surface area contributed by atoms with Crippen LogP contribution in [0, 0.1) is 17.8 Å². The van der Waals surface area contributed by atoms with E-state index in [0.29, 0.717) is 30.0 Å². The van der Waals surface area contributed by atoms with E-state index >= 15 is 0 Å². The predicted molar refractivity (Wildman–Crippen MR) is 154 cm³/mol. The number of hydrogen-bond acceptors (Lipinski definition) is 10. The molecule has 0 spiro atoms. The van der Waals surface area contributed by atoms with Crippen LogP contribution in [0.25, 0.3) is 0 Å². The monoisotopic (exact) mass is 549 g/mol.